The van der Waals surface area contributed by atoms with Gasteiger partial charge in [-0.25, -0.2) is 4.98 Å². The van der Waals surface area contributed by atoms with Gasteiger partial charge in [0.05, 0.1) is 11.5 Å². The number of ketones is 1. The van der Waals surface area contributed by atoms with E-state index >= 15 is 0 Å². The second kappa shape index (κ2) is 11.2. The van der Waals surface area contributed by atoms with Crippen LogP contribution in [0.3, 0.4) is 0 Å². The first-order valence-electron chi connectivity index (χ1n) is 10.7. The Morgan fingerprint density at radius 1 is 1.09 bits per heavy atom. The van der Waals surface area contributed by atoms with Gasteiger partial charge in [0, 0.05) is 17.7 Å². The molecule has 4 rings (SSSR count). The average molecular weight is 475 g/mol. The van der Waals surface area contributed by atoms with Crippen LogP contribution < -0.4 is 4.74 Å². The Kier molecular flexibility index (Phi) is 7.62. The lowest BCUT2D eigenvalue weighted by Gasteiger charge is -2.05. The lowest BCUT2D eigenvalue weighted by molar-refractivity contribution is -0.384. The molecule has 3 aromatic carbocycles. The molecule has 0 saturated heterocycles. The van der Waals surface area contributed by atoms with Crippen molar-refractivity contribution in [3.63, 3.8) is 0 Å². The molecular formula is C26H22N2O5S. The van der Waals surface area contributed by atoms with Gasteiger partial charge >= 0.3 is 0 Å². The summed E-state index contributed by atoms with van der Waals surface area (Å²) in [4.78, 5) is 27.2. The van der Waals surface area contributed by atoms with E-state index in [2.05, 4.69) is 10.4 Å². The quantitative estimate of drug-likeness (QED) is 0.0566. The Morgan fingerprint density at radius 2 is 1.91 bits per heavy atom. The molecule has 0 aliphatic carbocycles. The highest BCUT2D eigenvalue weighted by molar-refractivity contribution is 7.97. The molecule has 1 aromatic heterocycles. The maximum atomic E-state index is 12.4. The second-order valence-corrected chi connectivity index (χ2v) is 8.35. The van der Waals surface area contributed by atoms with E-state index in [1.165, 1.54) is 18.2 Å². The zero-order valence-corrected chi connectivity index (χ0v) is 19.1. The fourth-order valence-electron chi connectivity index (χ4n) is 3.15. The zero-order chi connectivity index (χ0) is 23.8. The lowest BCUT2D eigenvalue weighted by atomic mass is 10.1. The number of aromatic nitrogens is 1. The molecule has 0 aliphatic heterocycles. The number of carbonyl (C=O) groups excluding carboxylic acids is 1. The molecule has 1 heterocycles. The van der Waals surface area contributed by atoms with Crippen LogP contribution in [0.2, 0.25) is 0 Å². The number of allylic oxidation sites excluding steroid dienone is 1. The molecule has 0 bridgehead atoms. The van der Waals surface area contributed by atoms with E-state index in [1.54, 1.807) is 42.5 Å². The van der Waals surface area contributed by atoms with Crippen molar-refractivity contribution >= 4 is 45.4 Å². The molecule has 0 aliphatic rings. The van der Waals surface area contributed by atoms with Crippen molar-refractivity contribution in [3.8, 4) is 5.75 Å². The Morgan fingerprint density at radius 3 is 2.71 bits per heavy atom. The molecule has 0 saturated carbocycles. The predicted molar refractivity (Wildman–Crippen MR) is 135 cm³/mol. The topological polar surface area (TPSA) is 95.5 Å². The van der Waals surface area contributed by atoms with E-state index in [0.717, 1.165) is 35.3 Å². The number of non-ortho nitro benzene ring substituents is 1. The van der Waals surface area contributed by atoms with Crippen molar-refractivity contribution in [1.29, 1.82) is 0 Å². The first kappa shape index (κ1) is 23.1. The SMILES string of the molecule is O=C(/C=C/c1cccc([N+](=O)[O-])c1)c1ccc(OCCCC=[SH]c2nc3ccccc3o2)cc1. The van der Waals surface area contributed by atoms with E-state index in [9.17, 15) is 14.9 Å². The molecular weight excluding hydrogens is 452 g/mol. The summed E-state index contributed by atoms with van der Waals surface area (Å²) in [7, 11) is 0. The monoisotopic (exact) mass is 474 g/mol. The van der Waals surface area contributed by atoms with Gasteiger partial charge in [-0.05, 0) is 60.9 Å². The van der Waals surface area contributed by atoms with Crippen LogP contribution in [0.4, 0.5) is 5.69 Å². The number of oxazole rings is 1. The Hall–Kier alpha value is -4.04. The molecule has 8 heteroatoms. The number of nitrogens with zero attached hydrogens (tertiary/aromatic N) is 2. The van der Waals surface area contributed by atoms with E-state index in [4.69, 9.17) is 9.15 Å². The normalized spacial score (nSPS) is 11.6. The summed E-state index contributed by atoms with van der Waals surface area (Å²) >= 11 is 0.940. The van der Waals surface area contributed by atoms with Crippen molar-refractivity contribution in [2.45, 2.75) is 18.1 Å². The van der Waals surface area contributed by atoms with Gasteiger partial charge in [-0.1, -0.05) is 35.7 Å². The first-order chi connectivity index (χ1) is 16.6. The molecule has 34 heavy (non-hydrogen) atoms. The number of rotatable bonds is 10. The van der Waals surface area contributed by atoms with Gasteiger partial charge in [-0.2, -0.15) is 0 Å². The number of ether oxygens (including phenoxy) is 1. The van der Waals surface area contributed by atoms with Gasteiger partial charge in [-0.3, -0.25) is 14.9 Å². The van der Waals surface area contributed by atoms with E-state index < -0.39 is 4.92 Å². The third kappa shape index (κ3) is 6.26. The number of hydrogen-bond donors (Lipinski definition) is 1. The molecule has 0 spiro atoms. The highest BCUT2D eigenvalue weighted by Gasteiger charge is 2.06. The summed E-state index contributed by atoms with van der Waals surface area (Å²) in [6.45, 7) is 0.555. The molecule has 7 nitrogen and oxygen atoms in total. The number of nitro groups is 1. The number of thiol groups is 1. The van der Waals surface area contributed by atoms with Crippen LogP contribution in [-0.4, -0.2) is 27.7 Å². The van der Waals surface area contributed by atoms with Crippen LogP contribution >= 0.6 is 11.4 Å². The molecule has 0 amide bonds. The van der Waals surface area contributed by atoms with Gasteiger partial charge in [0.15, 0.2) is 11.4 Å². The molecule has 0 radical (unpaired) electrons. The van der Waals surface area contributed by atoms with Crippen LogP contribution in [0.5, 0.6) is 5.75 Å². The van der Waals surface area contributed by atoms with Gasteiger partial charge in [0.1, 0.15) is 11.3 Å². The molecule has 0 atom stereocenters. The van der Waals surface area contributed by atoms with Crippen LogP contribution in [0.25, 0.3) is 17.2 Å². The fourth-order valence-corrected chi connectivity index (χ4v) is 3.93. The van der Waals surface area contributed by atoms with Gasteiger partial charge in [-0.15, -0.1) is 11.4 Å². The van der Waals surface area contributed by atoms with Crippen molar-refractivity contribution in [1.82, 2.24) is 4.98 Å². The summed E-state index contributed by atoms with van der Waals surface area (Å²) in [5.41, 5.74) is 2.75. The van der Waals surface area contributed by atoms with Crippen LogP contribution in [0.15, 0.2) is 88.5 Å². The maximum Gasteiger partial charge on any atom is 0.270 e. The van der Waals surface area contributed by atoms with Gasteiger partial charge < -0.3 is 9.15 Å². The number of benzene rings is 3. The minimum absolute atomic E-state index is 0.0144. The number of para-hydroxylation sites is 2. The summed E-state index contributed by atoms with van der Waals surface area (Å²) in [6, 6.07) is 20.7. The van der Waals surface area contributed by atoms with Crippen molar-refractivity contribution in [2.75, 3.05) is 6.61 Å². The molecule has 0 N–H and O–H groups in total. The summed E-state index contributed by atoms with van der Waals surface area (Å²) in [5, 5.41) is 13.6. The minimum atomic E-state index is -0.465. The highest BCUT2D eigenvalue weighted by atomic mass is 32.1. The first-order valence-corrected chi connectivity index (χ1v) is 11.6. The number of carbonyl (C=O) groups is 1. The summed E-state index contributed by atoms with van der Waals surface area (Å²) in [5.74, 6) is 0.501. The molecule has 0 fully saturated rings. The standard InChI is InChI=1S/C26H22N2O5S/c29-24(15-10-19-6-5-7-21(18-19)28(30)31)20-11-13-22(14-12-20)32-16-3-4-17-34-26-27-23-8-1-2-9-25(23)33-26/h1-2,5-15,17-18,34H,3-4,16H2/b15-10+. The fraction of sp³-hybridized carbons (Fsp3) is 0.115. The van der Waals surface area contributed by atoms with Crippen molar-refractivity contribution < 1.29 is 18.9 Å². The summed E-state index contributed by atoms with van der Waals surface area (Å²) < 4.78 is 11.4. The number of hydrogen-bond acceptors (Lipinski definition) is 6. The largest absolute Gasteiger partial charge is 0.494 e. The predicted octanol–water partition coefficient (Wildman–Crippen LogP) is 6.12. The number of nitro benzene ring substituents is 1. The Bertz CT molecular complexity index is 1330. The van der Waals surface area contributed by atoms with Gasteiger partial charge in [0.25, 0.3) is 5.69 Å². The Labute approximate surface area is 199 Å². The molecule has 4 aromatic rings. The minimum Gasteiger partial charge on any atom is -0.494 e. The van der Waals surface area contributed by atoms with Crippen molar-refractivity contribution in [2.24, 2.45) is 0 Å². The third-order valence-corrected chi connectivity index (χ3v) is 5.73. The average Bonchev–Trinajstić information content (AvgIpc) is 3.28. The third-order valence-electron chi connectivity index (χ3n) is 4.88. The zero-order valence-electron chi connectivity index (χ0n) is 18.2. The number of unbranched alkanes of at least 4 members (excludes halogenated alkanes) is 1. The smallest absolute Gasteiger partial charge is 0.270 e. The van der Waals surface area contributed by atoms with E-state index in [-0.39, 0.29) is 11.5 Å². The van der Waals surface area contributed by atoms with E-state index in [0.29, 0.717) is 28.7 Å². The highest BCUT2D eigenvalue weighted by Crippen LogP contribution is 2.19. The maximum absolute atomic E-state index is 12.4. The van der Waals surface area contributed by atoms with Crippen molar-refractivity contribution in [3.05, 3.63) is 100 Å². The summed E-state index contributed by atoms with van der Waals surface area (Å²) in [6.07, 6.45) is 4.68. The van der Waals surface area contributed by atoms with Crippen LogP contribution in [-0.2, 0) is 0 Å². The van der Waals surface area contributed by atoms with Gasteiger partial charge in [0.2, 0.25) is 5.22 Å². The Balaban J connectivity index is 1.22. The molecule has 172 valence electrons. The van der Waals surface area contributed by atoms with E-state index in [1.807, 2.05) is 24.3 Å². The molecule has 0 unspecified atom stereocenters. The van der Waals surface area contributed by atoms with Crippen LogP contribution in [0.1, 0.15) is 28.8 Å². The number of fused-ring (bicyclic) bond motifs is 1. The van der Waals surface area contributed by atoms with Crippen LogP contribution in [0, 0.1) is 10.1 Å². The lowest BCUT2D eigenvalue weighted by Crippen LogP contribution is -1.99. The second-order valence-electron chi connectivity index (χ2n) is 7.34.